The van der Waals surface area contributed by atoms with Crippen LogP contribution < -0.4 is 5.30 Å². The number of hydrogen-bond donors (Lipinski definition) is 3. The molecule has 3 nitrogen and oxygen atoms in total. The van der Waals surface area contributed by atoms with E-state index in [2.05, 4.69) is 48.5 Å². The Morgan fingerprint density at radius 3 is 1.77 bits per heavy atom. The Hall–Kier alpha value is -0.470. The van der Waals surface area contributed by atoms with Crippen LogP contribution in [0.5, 0.6) is 0 Å². The van der Waals surface area contributed by atoms with Gasteiger partial charge in [0.25, 0.3) is 0 Å². The summed E-state index contributed by atoms with van der Waals surface area (Å²) in [5.41, 5.74) is 3.14. The van der Waals surface area contributed by atoms with Crippen molar-refractivity contribution in [2.45, 2.75) is 98.3 Å². The summed E-state index contributed by atoms with van der Waals surface area (Å²) in [4.78, 5) is 33.0. The number of rotatable bonds is 7. The summed E-state index contributed by atoms with van der Waals surface area (Å²) in [6, 6.07) is 3.79. The first-order valence-electron chi connectivity index (χ1n) is 10.1. The minimum atomic E-state index is -4.87. The molecule has 0 fully saturated rings. The first-order chi connectivity index (χ1) is 11.6. The van der Waals surface area contributed by atoms with Crippen LogP contribution in [0.25, 0.3) is 0 Å². The van der Waals surface area contributed by atoms with Crippen LogP contribution in [0.3, 0.4) is 0 Å². The molecule has 3 N–H and O–H groups in total. The van der Waals surface area contributed by atoms with Crippen LogP contribution >= 0.6 is 7.28 Å². The van der Waals surface area contributed by atoms with Crippen molar-refractivity contribution in [3.8, 4) is 0 Å². The Labute approximate surface area is 161 Å². The van der Waals surface area contributed by atoms with Crippen LogP contribution in [0.4, 0.5) is 0 Å². The zero-order valence-electron chi connectivity index (χ0n) is 18.2. The van der Waals surface area contributed by atoms with Crippen LogP contribution in [0.2, 0.25) is 0 Å². The van der Waals surface area contributed by atoms with E-state index in [9.17, 15) is 14.7 Å². The Balaban J connectivity index is 3.83. The van der Waals surface area contributed by atoms with Crippen molar-refractivity contribution in [3.63, 3.8) is 0 Å². The summed E-state index contributed by atoms with van der Waals surface area (Å²) in [5.74, 6) is 0. The SMILES string of the molecule is CCCCc1c(P(O)(O)(O)CCCC)ccc(C(C)(C)C)c1C(C)(C)C. The van der Waals surface area contributed by atoms with Gasteiger partial charge < -0.3 is 0 Å². The maximum absolute atomic E-state index is 11.0. The number of unbranched alkanes of at least 4 members (excludes halogenated alkanes) is 2. The molecule has 0 aromatic heterocycles. The van der Waals surface area contributed by atoms with Crippen molar-refractivity contribution in [3.05, 3.63) is 28.8 Å². The van der Waals surface area contributed by atoms with Crippen molar-refractivity contribution in [1.29, 1.82) is 0 Å². The Bertz CT molecular complexity index is 613. The van der Waals surface area contributed by atoms with Gasteiger partial charge in [0, 0.05) is 0 Å². The van der Waals surface area contributed by atoms with E-state index < -0.39 is 7.28 Å². The van der Waals surface area contributed by atoms with E-state index in [1.54, 1.807) is 6.07 Å². The van der Waals surface area contributed by atoms with E-state index in [1.807, 2.05) is 13.0 Å². The fourth-order valence-electron chi connectivity index (χ4n) is 3.72. The molecule has 0 saturated heterocycles. The van der Waals surface area contributed by atoms with Gasteiger partial charge in [0.15, 0.2) is 0 Å². The van der Waals surface area contributed by atoms with E-state index in [0.717, 1.165) is 31.2 Å². The average Bonchev–Trinajstić information content (AvgIpc) is 2.47. The van der Waals surface area contributed by atoms with Gasteiger partial charge in [0.2, 0.25) is 0 Å². The Morgan fingerprint density at radius 1 is 0.808 bits per heavy atom. The molecule has 0 saturated carbocycles. The van der Waals surface area contributed by atoms with E-state index in [1.165, 1.54) is 11.1 Å². The molecule has 0 amide bonds. The third-order valence-corrected chi connectivity index (χ3v) is 7.59. The van der Waals surface area contributed by atoms with Gasteiger partial charge in [0.1, 0.15) is 0 Å². The Kier molecular flexibility index (Phi) is 7.14. The molecule has 26 heavy (non-hydrogen) atoms. The van der Waals surface area contributed by atoms with Gasteiger partial charge in [-0.2, -0.15) is 0 Å². The van der Waals surface area contributed by atoms with Gasteiger partial charge in [-0.1, -0.05) is 0 Å². The fraction of sp³-hybridized carbons (Fsp3) is 0.727. The third kappa shape index (κ3) is 5.52. The molecule has 1 aromatic carbocycles. The second kappa shape index (κ2) is 7.87. The van der Waals surface area contributed by atoms with E-state index in [4.69, 9.17) is 0 Å². The summed E-state index contributed by atoms with van der Waals surface area (Å²) in [7, 11) is -4.87. The standard InChI is InChI=1S/C22H41O3P/c1-9-11-13-17-19(26(23,24,25)16-12-10-2)15-14-18(21(3,4)5)20(17)22(6,7)8/h14-15,23-25H,9-13,16H2,1-8H3. The quantitative estimate of drug-likeness (QED) is 0.557. The predicted molar refractivity (Wildman–Crippen MR) is 115 cm³/mol. The molecule has 0 aliphatic heterocycles. The van der Waals surface area contributed by atoms with Gasteiger partial charge in [-0.15, -0.1) is 0 Å². The minimum absolute atomic E-state index is 0.0413. The maximum atomic E-state index is 11.0. The van der Waals surface area contributed by atoms with E-state index >= 15 is 0 Å². The fourth-order valence-corrected chi connectivity index (χ4v) is 6.02. The first kappa shape index (κ1) is 23.6. The number of hydrogen-bond acceptors (Lipinski definition) is 3. The normalized spacial score (nSPS) is 15.0. The predicted octanol–water partition coefficient (Wildman–Crippen LogP) is 5.32. The molecule has 0 bridgehead atoms. The molecule has 1 rings (SSSR count). The van der Waals surface area contributed by atoms with Crippen molar-refractivity contribution in [1.82, 2.24) is 0 Å². The molecule has 0 aliphatic rings. The third-order valence-electron chi connectivity index (χ3n) is 5.04. The molecule has 1 aromatic rings. The Morgan fingerprint density at radius 2 is 1.35 bits per heavy atom. The van der Waals surface area contributed by atoms with Crippen LogP contribution in [0.1, 0.15) is 97.8 Å². The van der Waals surface area contributed by atoms with Crippen molar-refractivity contribution in [2.75, 3.05) is 6.16 Å². The molecule has 4 heteroatoms. The van der Waals surface area contributed by atoms with Crippen molar-refractivity contribution in [2.24, 2.45) is 0 Å². The van der Waals surface area contributed by atoms with E-state index in [0.29, 0.717) is 11.7 Å². The summed E-state index contributed by atoms with van der Waals surface area (Å²) in [6.45, 7) is 17.2. The van der Waals surface area contributed by atoms with Crippen molar-refractivity contribution < 1.29 is 14.7 Å². The summed E-state index contributed by atoms with van der Waals surface area (Å²) < 4.78 is 0. The second-order valence-electron chi connectivity index (χ2n) is 9.82. The molecule has 152 valence electrons. The van der Waals surface area contributed by atoms with Gasteiger partial charge in [-0.05, 0) is 0 Å². The topological polar surface area (TPSA) is 60.7 Å². The van der Waals surface area contributed by atoms with Crippen LogP contribution in [-0.2, 0) is 17.3 Å². The molecule has 0 heterocycles. The second-order valence-corrected chi connectivity index (χ2v) is 13.0. The van der Waals surface area contributed by atoms with Gasteiger partial charge >= 0.3 is 161 Å². The molecule has 0 radical (unpaired) electrons. The van der Waals surface area contributed by atoms with E-state index in [-0.39, 0.29) is 17.0 Å². The van der Waals surface area contributed by atoms with Crippen LogP contribution in [0, 0.1) is 0 Å². The summed E-state index contributed by atoms with van der Waals surface area (Å²) in [5, 5.41) is 0.385. The molecule has 0 unspecified atom stereocenters. The van der Waals surface area contributed by atoms with Crippen molar-refractivity contribution >= 4 is 12.6 Å². The zero-order chi connectivity index (χ0) is 20.4. The van der Waals surface area contributed by atoms with Gasteiger partial charge in [-0.25, -0.2) is 0 Å². The molecule has 0 atom stereocenters. The zero-order valence-corrected chi connectivity index (χ0v) is 19.1. The van der Waals surface area contributed by atoms with Crippen LogP contribution in [0.15, 0.2) is 12.1 Å². The molecule has 0 spiro atoms. The average molecular weight is 385 g/mol. The van der Waals surface area contributed by atoms with Gasteiger partial charge in [0.05, 0.1) is 0 Å². The summed E-state index contributed by atoms with van der Waals surface area (Å²) >= 11 is 0. The molecule has 0 aliphatic carbocycles. The monoisotopic (exact) mass is 384 g/mol. The number of benzene rings is 1. The summed E-state index contributed by atoms with van der Waals surface area (Å²) in [6.07, 6.45) is 4.20. The molecular formula is C22H41O3P. The van der Waals surface area contributed by atoms with Gasteiger partial charge in [-0.3, -0.25) is 0 Å². The molecular weight excluding hydrogens is 343 g/mol. The first-order valence-corrected chi connectivity index (χ1v) is 12.3. The van der Waals surface area contributed by atoms with Crippen LogP contribution in [-0.4, -0.2) is 20.8 Å².